The van der Waals surface area contributed by atoms with Crippen molar-refractivity contribution >= 4 is 41.6 Å². The zero-order valence-corrected chi connectivity index (χ0v) is 13.4. The number of hydrogen-bond donors (Lipinski definition) is 1. The van der Waals surface area contributed by atoms with E-state index in [0.717, 1.165) is 35.1 Å². The number of rotatable bonds is 1. The van der Waals surface area contributed by atoms with Crippen LogP contribution in [0.2, 0.25) is 0 Å². The van der Waals surface area contributed by atoms with Crippen LogP contribution in [0.15, 0.2) is 30.3 Å². The molecule has 1 aliphatic rings. The zero-order chi connectivity index (χ0) is 13.4. The fourth-order valence-corrected chi connectivity index (χ4v) is 2.63. The van der Waals surface area contributed by atoms with E-state index in [1.807, 2.05) is 42.2 Å². The van der Waals surface area contributed by atoms with E-state index < -0.39 is 0 Å². The van der Waals surface area contributed by atoms with Gasteiger partial charge in [-0.2, -0.15) is 0 Å². The predicted octanol–water partition coefficient (Wildman–Crippen LogP) is 2.56. The minimum Gasteiger partial charge on any atom is -0.337 e. The number of carbonyl (C=O) groups is 1. The molecule has 1 fully saturated rings. The van der Waals surface area contributed by atoms with Gasteiger partial charge in [-0.1, -0.05) is 18.2 Å². The Morgan fingerprint density at radius 2 is 2.05 bits per heavy atom. The van der Waals surface area contributed by atoms with E-state index in [1.165, 1.54) is 0 Å². The van der Waals surface area contributed by atoms with Crippen LogP contribution in [0.1, 0.15) is 22.5 Å². The molecule has 0 saturated carbocycles. The molecular weight excluding hydrogens is 309 g/mol. The van der Waals surface area contributed by atoms with Crippen LogP contribution < -0.4 is 5.73 Å². The topological polar surface area (TPSA) is 59.2 Å². The van der Waals surface area contributed by atoms with E-state index in [4.69, 9.17) is 5.73 Å². The highest BCUT2D eigenvalue weighted by Crippen LogP contribution is 2.21. The molecule has 1 saturated heterocycles. The summed E-state index contributed by atoms with van der Waals surface area (Å²) in [6.45, 7) is 3.31. The van der Waals surface area contributed by atoms with Crippen LogP contribution in [0.25, 0.3) is 10.9 Å². The van der Waals surface area contributed by atoms with Crippen LogP contribution in [0.4, 0.5) is 0 Å². The third-order valence-corrected chi connectivity index (χ3v) is 3.59. The molecule has 1 aromatic carbocycles. The summed E-state index contributed by atoms with van der Waals surface area (Å²) in [7, 11) is 0. The molecule has 1 aliphatic heterocycles. The summed E-state index contributed by atoms with van der Waals surface area (Å²) in [5, 5.41) is 0.915. The lowest BCUT2D eigenvalue weighted by molar-refractivity contribution is 0.0792. The average Bonchev–Trinajstić information content (AvgIpc) is 2.83. The number of carbonyl (C=O) groups excluding carboxylic acids is 1. The smallest absolute Gasteiger partial charge is 0.254 e. The van der Waals surface area contributed by atoms with E-state index in [0.29, 0.717) is 6.54 Å². The molecule has 3 rings (SSSR count). The summed E-state index contributed by atoms with van der Waals surface area (Å²) in [5.74, 6) is 0.0645. The van der Waals surface area contributed by atoms with Crippen molar-refractivity contribution in [2.45, 2.75) is 19.4 Å². The molecule has 1 amide bonds. The van der Waals surface area contributed by atoms with E-state index >= 15 is 0 Å². The van der Waals surface area contributed by atoms with Gasteiger partial charge in [0.25, 0.3) is 5.91 Å². The molecular formula is C15H19Cl2N3O. The van der Waals surface area contributed by atoms with E-state index in [1.54, 1.807) is 0 Å². The Morgan fingerprint density at radius 3 is 2.71 bits per heavy atom. The van der Waals surface area contributed by atoms with Gasteiger partial charge in [-0.05, 0) is 25.5 Å². The molecule has 114 valence electrons. The second-order valence-corrected chi connectivity index (χ2v) is 5.13. The Bertz CT molecular complexity index is 648. The van der Waals surface area contributed by atoms with E-state index in [-0.39, 0.29) is 36.8 Å². The van der Waals surface area contributed by atoms with Gasteiger partial charge in [0.05, 0.1) is 11.1 Å². The van der Waals surface area contributed by atoms with Crippen molar-refractivity contribution in [2.24, 2.45) is 5.73 Å². The lowest BCUT2D eigenvalue weighted by Crippen LogP contribution is -2.32. The Hall–Kier alpha value is -1.36. The second kappa shape index (κ2) is 7.07. The first-order valence-corrected chi connectivity index (χ1v) is 6.56. The number of halogens is 2. The van der Waals surface area contributed by atoms with Crippen LogP contribution in [0.5, 0.6) is 0 Å². The largest absolute Gasteiger partial charge is 0.337 e. The number of nitrogens with zero attached hydrogens (tertiary/aromatic N) is 2. The molecule has 21 heavy (non-hydrogen) atoms. The first kappa shape index (κ1) is 17.7. The Labute approximate surface area is 136 Å². The van der Waals surface area contributed by atoms with Crippen LogP contribution in [-0.4, -0.2) is 34.9 Å². The molecule has 0 spiro atoms. The molecule has 0 aliphatic carbocycles. The first-order valence-electron chi connectivity index (χ1n) is 6.56. The summed E-state index contributed by atoms with van der Waals surface area (Å²) in [4.78, 5) is 18.9. The predicted molar refractivity (Wildman–Crippen MR) is 89.5 cm³/mol. The van der Waals surface area contributed by atoms with Crippen LogP contribution in [0.3, 0.4) is 0 Å². The summed E-state index contributed by atoms with van der Waals surface area (Å²) in [6.07, 6.45) is 0.883. The van der Waals surface area contributed by atoms with Gasteiger partial charge >= 0.3 is 0 Å². The quantitative estimate of drug-likeness (QED) is 0.875. The molecule has 4 nitrogen and oxygen atoms in total. The molecule has 2 N–H and O–H groups in total. The van der Waals surface area contributed by atoms with Crippen molar-refractivity contribution in [3.05, 3.63) is 41.6 Å². The molecule has 2 heterocycles. The van der Waals surface area contributed by atoms with E-state index in [9.17, 15) is 4.79 Å². The number of amides is 1. The second-order valence-electron chi connectivity index (χ2n) is 5.13. The zero-order valence-electron chi connectivity index (χ0n) is 11.8. The lowest BCUT2D eigenvalue weighted by Gasteiger charge is -2.17. The molecule has 2 aromatic rings. The molecule has 0 bridgehead atoms. The molecule has 0 unspecified atom stereocenters. The summed E-state index contributed by atoms with van der Waals surface area (Å²) < 4.78 is 0. The number of fused-ring (bicyclic) bond motifs is 1. The fraction of sp³-hybridized carbons (Fsp3) is 0.333. The maximum atomic E-state index is 12.6. The highest BCUT2D eigenvalue weighted by Gasteiger charge is 2.25. The van der Waals surface area contributed by atoms with Crippen molar-refractivity contribution in [1.29, 1.82) is 0 Å². The number of likely N-dealkylation sites (tertiary alicyclic amines) is 1. The van der Waals surface area contributed by atoms with Crippen molar-refractivity contribution in [1.82, 2.24) is 9.88 Å². The van der Waals surface area contributed by atoms with Crippen molar-refractivity contribution in [3.63, 3.8) is 0 Å². The SMILES string of the molecule is Cc1cc(C(=O)N2CC[C@H](N)C2)c2ccccc2n1.Cl.Cl. The van der Waals surface area contributed by atoms with Gasteiger partial charge in [0.2, 0.25) is 0 Å². The molecule has 0 radical (unpaired) electrons. The molecule has 1 aromatic heterocycles. The maximum absolute atomic E-state index is 12.6. The number of aromatic nitrogens is 1. The van der Waals surface area contributed by atoms with Crippen molar-refractivity contribution < 1.29 is 4.79 Å². The standard InChI is InChI=1S/C15H17N3O.2ClH/c1-10-8-13(12-4-2-3-5-14(12)17-10)15(19)18-7-6-11(16)9-18;;/h2-5,8,11H,6-7,9,16H2,1H3;2*1H/t11-;;/m0../s1. The average molecular weight is 328 g/mol. The number of para-hydroxylation sites is 1. The van der Waals surface area contributed by atoms with Gasteiger partial charge in [-0.3, -0.25) is 9.78 Å². The third-order valence-electron chi connectivity index (χ3n) is 3.59. The number of pyridine rings is 1. The highest BCUT2D eigenvalue weighted by atomic mass is 35.5. The van der Waals surface area contributed by atoms with Gasteiger partial charge in [-0.15, -0.1) is 24.8 Å². The normalized spacial score (nSPS) is 17.2. The van der Waals surface area contributed by atoms with Gasteiger partial charge < -0.3 is 10.6 Å². The minimum absolute atomic E-state index is 0. The Kier molecular flexibility index (Phi) is 5.96. The molecule has 6 heteroatoms. The first-order chi connectivity index (χ1) is 9.15. The lowest BCUT2D eigenvalue weighted by atomic mass is 10.1. The van der Waals surface area contributed by atoms with Gasteiger partial charge in [-0.25, -0.2) is 0 Å². The third kappa shape index (κ3) is 3.46. The Balaban J connectivity index is 0.00000110. The summed E-state index contributed by atoms with van der Waals surface area (Å²) in [6, 6.07) is 9.74. The Morgan fingerprint density at radius 1 is 1.33 bits per heavy atom. The number of aryl methyl sites for hydroxylation is 1. The van der Waals surface area contributed by atoms with Crippen LogP contribution in [-0.2, 0) is 0 Å². The number of hydrogen-bond acceptors (Lipinski definition) is 3. The number of nitrogens with two attached hydrogens (primary N) is 1. The van der Waals surface area contributed by atoms with Gasteiger partial charge in [0, 0.05) is 30.2 Å². The maximum Gasteiger partial charge on any atom is 0.254 e. The van der Waals surface area contributed by atoms with Crippen LogP contribution >= 0.6 is 24.8 Å². The van der Waals surface area contributed by atoms with E-state index in [2.05, 4.69) is 4.98 Å². The monoisotopic (exact) mass is 327 g/mol. The summed E-state index contributed by atoms with van der Waals surface area (Å²) >= 11 is 0. The molecule has 1 atom stereocenters. The number of benzene rings is 1. The van der Waals surface area contributed by atoms with Crippen molar-refractivity contribution in [3.8, 4) is 0 Å². The van der Waals surface area contributed by atoms with Crippen molar-refractivity contribution in [2.75, 3.05) is 13.1 Å². The highest BCUT2D eigenvalue weighted by molar-refractivity contribution is 6.06. The van der Waals surface area contributed by atoms with Gasteiger partial charge in [0.1, 0.15) is 0 Å². The summed E-state index contributed by atoms with van der Waals surface area (Å²) in [5.41, 5.74) is 8.35. The van der Waals surface area contributed by atoms with Gasteiger partial charge in [0.15, 0.2) is 0 Å². The van der Waals surface area contributed by atoms with Crippen LogP contribution in [0, 0.1) is 6.92 Å². The fourth-order valence-electron chi connectivity index (χ4n) is 2.63. The minimum atomic E-state index is 0.